The lowest BCUT2D eigenvalue weighted by atomic mass is 10.1. The molecule has 0 bridgehead atoms. The third-order valence-corrected chi connectivity index (χ3v) is 2.10. The van der Waals surface area contributed by atoms with Crippen molar-refractivity contribution in [2.75, 3.05) is 0 Å². The van der Waals surface area contributed by atoms with Gasteiger partial charge in [-0.25, -0.2) is 4.39 Å². The average Bonchev–Trinajstić information content (AvgIpc) is 2.81. The zero-order valence-electron chi connectivity index (χ0n) is 8.39. The van der Waals surface area contributed by atoms with Crippen molar-refractivity contribution in [3.05, 3.63) is 65.9 Å². The summed E-state index contributed by atoms with van der Waals surface area (Å²) in [6.45, 7) is 0. The normalized spacial score (nSPS) is 10.8. The van der Waals surface area contributed by atoms with E-state index in [0.717, 1.165) is 5.56 Å². The highest BCUT2D eigenvalue weighted by molar-refractivity contribution is 6.06. The minimum Gasteiger partial charge on any atom is -0.472 e. The Bertz CT molecular complexity index is 495. The lowest BCUT2D eigenvalue weighted by Crippen LogP contribution is -1.90. The molecule has 2 rings (SSSR count). The quantitative estimate of drug-likeness (QED) is 0.582. The molecule has 16 heavy (non-hydrogen) atoms. The number of carbonyl (C=O) groups excluding carboxylic acids is 1. The van der Waals surface area contributed by atoms with Gasteiger partial charge in [0.1, 0.15) is 12.1 Å². The van der Waals surface area contributed by atoms with E-state index in [1.54, 1.807) is 24.3 Å². The van der Waals surface area contributed by atoms with Crippen LogP contribution in [0.15, 0.2) is 53.4 Å². The van der Waals surface area contributed by atoms with Gasteiger partial charge in [0.2, 0.25) is 0 Å². The Morgan fingerprint density at radius 3 is 2.56 bits per heavy atom. The summed E-state index contributed by atoms with van der Waals surface area (Å²) in [5.41, 5.74) is 1.27. The molecule has 1 aromatic carbocycles. The first-order chi connectivity index (χ1) is 7.75. The van der Waals surface area contributed by atoms with E-state index < -0.39 is 0 Å². The van der Waals surface area contributed by atoms with Gasteiger partial charge in [0.05, 0.1) is 11.8 Å². The summed E-state index contributed by atoms with van der Waals surface area (Å²) in [6, 6.07) is 7.50. The molecule has 0 saturated carbocycles. The molecule has 0 fully saturated rings. The molecule has 0 saturated heterocycles. The van der Waals surface area contributed by atoms with Crippen molar-refractivity contribution in [3.63, 3.8) is 0 Å². The van der Waals surface area contributed by atoms with Gasteiger partial charge in [-0.15, -0.1) is 0 Å². The van der Waals surface area contributed by atoms with Crippen LogP contribution in [0.3, 0.4) is 0 Å². The maximum absolute atomic E-state index is 12.6. The summed E-state index contributed by atoms with van der Waals surface area (Å²) in [6.07, 6.45) is 5.89. The summed E-state index contributed by atoms with van der Waals surface area (Å²) in [5, 5.41) is 0. The zero-order chi connectivity index (χ0) is 11.4. The van der Waals surface area contributed by atoms with Gasteiger partial charge in [-0.05, 0) is 29.8 Å². The van der Waals surface area contributed by atoms with Crippen molar-refractivity contribution in [2.45, 2.75) is 0 Å². The van der Waals surface area contributed by atoms with Crippen molar-refractivity contribution in [1.29, 1.82) is 0 Å². The van der Waals surface area contributed by atoms with E-state index >= 15 is 0 Å². The molecule has 2 aromatic rings. The predicted octanol–water partition coefficient (Wildman–Crippen LogP) is 3.31. The number of benzene rings is 1. The maximum Gasteiger partial charge on any atom is 0.189 e. The van der Waals surface area contributed by atoms with Crippen molar-refractivity contribution < 1.29 is 13.6 Å². The summed E-state index contributed by atoms with van der Waals surface area (Å²) in [4.78, 5) is 11.5. The lowest BCUT2D eigenvalue weighted by Gasteiger charge is -1.92. The van der Waals surface area contributed by atoms with Crippen LogP contribution in [0.2, 0.25) is 0 Å². The van der Waals surface area contributed by atoms with Gasteiger partial charge in [0, 0.05) is 0 Å². The van der Waals surface area contributed by atoms with E-state index in [0.29, 0.717) is 5.56 Å². The first-order valence-electron chi connectivity index (χ1n) is 4.76. The predicted molar refractivity (Wildman–Crippen MR) is 58.5 cm³/mol. The lowest BCUT2D eigenvalue weighted by molar-refractivity contribution is 0.104. The number of hydrogen-bond acceptors (Lipinski definition) is 2. The fraction of sp³-hybridized carbons (Fsp3) is 0. The number of rotatable bonds is 3. The van der Waals surface area contributed by atoms with Crippen LogP contribution >= 0.6 is 0 Å². The Morgan fingerprint density at radius 1 is 1.19 bits per heavy atom. The van der Waals surface area contributed by atoms with E-state index in [-0.39, 0.29) is 11.6 Å². The molecule has 3 heteroatoms. The van der Waals surface area contributed by atoms with Crippen LogP contribution < -0.4 is 0 Å². The molecule has 0 aliphatic heterocycles. The van der Waals surface area contributed by atoms with Crippen LogP contribution in [0.25, 0.3) is 6.08 Å². The number of halogens is 1. The smallest absolute Gasteiger partial charge is 0.189 e. The fourth-order valence-corrected chi connectivity index (χ4v) is 1.25. The average molecular weight is 216 g/mol. The maximum atomic E-state index is 12.6. The van der Waals surface area contributed by atoms with E-state index in [4.69, 9.17) is 4.42 Å². The van der Waals surface area contributed by atoms with Crippen molar-refractivity contribution in [2.24, 2.45) is 0 Å². The minimum absolute atomic E-state index is 0.141. The molecule has 0 spiro atoms. The highest BCUT2D eigenvalue weighted by Gasteiger charge is 2.01. The largest absolute Gasteiger partial charge is 0.472 e. The second-order valence-corrected chi connectivity index (χ2v) is 3.26. The Balaban J connectivity index is 2.10. The second-order valence-electron chi connectivity index (χ2n) is 3.26. The van der Waals surface area contributed by atoms with Crippen LogP contribution in [0, 0.1) is 5.82 Å². The number of hydrogen-bond donors (Lipinski definition) is 0. The molecule has 0 amide bonds. The summed E-state index contributed by atoms with van der Waals surface area (Å²) in [5.74, 6) is -0.434. The molecule has 2 nitrogen and oxygen atoms in total. The molecular formula is C13H9FO2. The van der Waals surface area contributed by atoms with Gasteiger partial charge in [-0.3, -0.25) is 4.79 Å². The molecule has 0 unspecified atom stereocenters. The van der Waals surface area contributed by atoms with Crippen molar-refractivity contribution >= 4 is 11.9 Å². The SMILES string of the molecule is O=C(C=Cc1ccc(F)cc1)c1ccoc1. The standard InChI is InChI=1S/C13H9FO2/c14-12-4-1-10(2-5-12)3-6-13(15)11-7-8-16-9-11/h1-9H. The van der Waals surface area contributed by atoms with Gasteiger partial charge >= 0.3 is 0 Å². The number of furan rings is 1. The van der Waals surface area contributed by atoms with Crippen LogP contribution in [0.4, 0.5) is 4.39 Å². The molecule has 0 atom stereocenters. The molecule has 80 valence electrons. The van der Waals surface area contributed by atoms with Gasteiger partial charge in [-0.2, -0.15) is 0 Å². The van der Waals surface area contributed by atoms with Crippen LogP contribution in [0.5, 0.6) is 0 Å². The molecule has 1 heterocycles. The molecule has 0 radical (unpaired) electrons. The number of allylic oxidation sites excluding steroid dienone is 1. The summed E-state index contributed by atoms with van der Waals surface area (Å²) in [7, 11) is 0. The van der Waals surface area contributed by atoms with Gasteiger partial charge < -0.3 is 4.42 Å². The summed E-state index contributed by atoms with van der Waals surface area (Å²) >= 11 is 0. The third kappa shape index (κ3) is 2.45. The van der Waals surface area contributed by atoms with Gasteiger partial charge in [0.25, 0.3) is 0 Å². The van der Waals surface area contributed by atoms with Crippen LogP contribution in [-0.4, -0.2) is 5.78 Å². The Kier molecular flexibility index (Phi) is 2.96. The number of ketones is 1. The topological polar surface area (TPSA) is 30.2 Å². The number of carbonyl (C=O) groups is 1. The van der Waals surface area contributed by atoms with Crippen LogP contribution in [-0.2, 0) is 0 Å². The van der Waals surface area contributed by atoms with Crippen molar-refractivity contribution in [3.8, 4) is 0 Å². The molecule has 0 aliphatic rings. The monoisotopic (exact) mass is 216 g/mol. The van der Waals surface area contributed by atoms with Gasteiger partial charge in [0.15, 0.2) is 5.78 Å². The minimum atomic E-state index is -0.293. The first-order valence-corrected chi connectivity index (χ1v) is 4.76. The highest BCUT2D eigenvalue weighted by atomic mass is 19.1. The van der Waals surface area contributed by atoms with E-state index in [1.807, 2.05) is 0 Å². The van der Waals surface area contributed by atoms with Crippen molar-refractivity contribution in [1.82, 2.24) is 0 Å². The first kappa shape index (κ1) is 10.4. The zero-order valence-corrected chi connectivity index (χ0v) is 8.39. The molecule has 0 N–H and O–H groups in total. The third-order valence-electron chi connectivity index (χ3n) is 2.10. The summed E-state index contributed by atoms with van der Waals surface area (Å²) < 4.78 is 17.4. The molecular weight excluding hydrogens is 207 g/mol. The molecule has 1 aromatic heterocycles. The van der Waals surface area contributed by atoms with Crippen LogP contribution in [0.1, 0.15) is 15.9 Å². The Labute approximate surface area is 92.0 Å². The van der Waals surface area contributed by atoms with E-state index in [9.17, 15) is 9.18 Å². The molecule has 0 aliphatic carbocycles. The Hall–Kier alpha value is -2.16. The van der Waals surface area contributed by atoms with E-state index in [2.05, 4.69) is 0 Å². The van der Waals surface area contributed by atoms with E-state index in [1.165, 1.54) is 30.7 Å². The van der Waals surface area contributed by atoms with Gasteiger partial charge in [-0.1, -0.05) is 18.2 Å². The fourth-order valence-electron chi connectivity index (χ4n) is 1.25. The second kappa shape index (κ2) is 4.57. The Morgan fingerprint density at radius 2 is 1.94 bits per heavy atom. The highest BCUT2D eigenvalue weighted by Crippen LogP contribution is 2.07.